The summed E-state index contributed by atoms with van der Waals surface area (Å²) >= 11 is 0. The molecule has 1 aliphatic rings. The van der Waals surface area contributed by atoms with Gasteiger partial charge in [-0.05, 0) is 51.7 Å². The Morgan fingerprint density at radius 2 is 2.00 bits per heavy atom. The van der Waals surface area contributed by atoms with Gasteiger partial charge in [-0.3, -0.25) is 0 Å². The van der Waals surface area contributed by atoms with E-state index in [9.17, 15) is 4.79 Å². The van der Waals surface area contributed by atoms with Crippen LogP contribution in [0.5, 0.6) is 0 Å². The average molecular weight is 261 g/mol. The topological polar surface area (TPSA) is 38.3 Å². The first-order chi connectivity index (χ1) is 8.87. The zero-order valence-electron chi connectivity index (χ0n) is 12.2. The molecule has 19 heavy (non-hydrogen) atoms. The summed E-state index contributed by atoms with van der Waals surface area (Å²) in [6.07, 6.45) is 1.07. The van der Waals surface area contributed by atoms with E-state index in [-0.39, 0.29) is 5.97 Å². The van der Waals surface area contributed by atoms with Crippen LogP contribution in [0.2, 0.25) is 0 Å². The van der Waals surface area contributed by atoms with Gasteiger partial charge in [-0.1, -0.05) is 18.2 Å². The van der Waals surface area contributed by atoms with Gasteiger partial charge in [0.05, 0.1) is 5.56 Å². The molecule has 1 saturated heterocycles. The van der Waals surface area contributed by atoms with E-state index in [0.717, 1.165) is 18.5 Å². The van der Waals surface area contributed by atoms with Gasteiger partial charge < -0.3 is 10.1 Å². The number of hydrogen-bond acceptors (Lipinski definition) is 3. The molecule has 1 heterocycles. The Labute approximate surface area is 115 Å². The molecule has 1 aromatic rings. The lowest BCUT2D eigenvalue weighted by Gasteiger charge is -2.21. The predicted molar refractivity (Wildman–Crippen MR) is 76.4 cm³/mol. The number of benzene rings is 1. The lowest BCUT2D eigenvalue weighted by atomic mass is 9.92. The zero-order chi connectivity index (χ0) is 14.0. The third-order valence-corrected chi connectivity index (χ3v) is 3.37. The second kappa shape index (κ2) is 5.33. The number of ether oxygens (including phenoxy) is 1. The summed E-state index contributed by atoms with van der Waals surface area (Å²) in [5, 5.41) is 3.43. The van der Waals surface area contributed by atoms with Crippen LogP contribution in [-0.2, 0) is 4.74 Å². The van der Waals surface area contributed by atoms with Crippen molar-refractivity contribution in [3.8, 4) is 0 Å². The van der Waals surface area contributed by atoms with Gasteiger partial charge in [-0.15, -0.1) is 0 Å². The van der Waals surface area contributed by atoms with E-state index >= 15 is 0 Å². The molecule has 0 radical (unpaired) electrons. The molecule has 0 saturated carbocycles. The summed E-state index contributed by atoms with van der Waals surface area (Å²) in [7, 11) is 0. The van der Waals surface area contributed by atoms with E-state index in [2.05, 4.69) is 12.2 Å². The minimum atomic E-state index is -0.453. The Balaban J connectivity index is 2.23. The van der Waals surface area contributed by atoms with Crippen LogP contribution in [0, 0.1) is 0 Å². The first kappa shape index (κ1) is 14.1. The molecule has 1 fully saturated rings. The second-order valence-electron chi connectivity index (χ2n) is 6.33. The van der Waals surface area contributed by atoms with E-state index in [1.807, 2.05) is 45.0 Å². The molecule has 104 valence electrons. The van der Waals surface area contributed by atoms with Crippen molar-refractivity contribution in [2.75, 3.05) is 6.54 Å². The molecule has 1 aliphatic heterocycles. The Morgan fingerprint density at radius 3 is 2.58 bits per heavy atom. The lowest BCUT2D eigenvalue weighted by Crippen LogP contribution is -2.25. The van der Waals surface area contributed by atoms with Gasteiger partial charge >= 0.3 is 5.97 Å². The van der Waals surface area contributed by atoms with Gasteiger partial charge in [0.1, 0.15) is 5.60 Å². The zero-order valence-corrected chi connectivity index (χ0v) is 12.2. The van der Waals surface area contributed by atoms with Crippen LogP contribution in [0.1, 0.15) is 56.0 Å². The van der Waals surface area contributed by atoms with E-state index < -0.39 is 5.60 Å². The van der Waals surface area contributed by atoms with E-state index in [0.29, 0.717) is 17.5 Å². The van der Waals surface area contributed by atoms with Gasteiger partial charge in [0, 0.05) is 12.6 Å². The molecule has 0 unspecified atom stereocenters. The summed E-state index contributed by atoms with van der Waals surface area (Å²) in [4.78, 5) is 12.3. The van der Waals surface area contributed by atoms with Crippen molar-refractivity contribution in [3.05, 3.63) is 35.4 Å². The summed E-state index contributed by atoms with van der Waals surface area (Å²) in [5.74, 6) is 0.182. The Kier molecular flexibility index (Phi) is 3.95. The standard InChI is InChI=1S/C16H23NO2/c1-11-9-12(10-17-11)13-7-5-6-8-14(13)15(18)19-16(2,3)4/h5-8,11-12,17H,9-10H2,1-4H3/t11-,12-/m0/s1. The summed E-state index contributed by atoms with van der Waals surface area (Å²) < 4.78 is 5.49. The molecule has 3 nitrogen and oxygen atoms in total. The van der Waals surface area contributed by atoms with Crippen LogP contribution in [0.25, 0.3) is 0 Å². The van der Waals surface area contributed by atoms with Crippen LogP contribution < -0.4 is 5.32 Å². The SMILES string of the molecule is C[C@H]1C[C@H](c2ccccc2C(=O)OC(C)(C)C)CN1. The molecule has 1 N–H and O–H groups in total. The van der Waals surface area contributed by atoms with Crippen LogP contribution in [0.15, 0.2) is 24.3 Å². The number of rotatable bonds is 2. The maximum atomic E-state index is 12.3. The predicted octanol–water partition coefficient (Wildman–Crippen LogP) is 3.11. The van der Waals surface area contributed by atoms with Gasteiger partial charge in [-0.2, -0.15) is 0 Å². The van der Waals surface area contributed by atoms with E-state index in [1.54, 1.807) is 0 Å². The fourth-order valence-corrected chi connectivity index (χ4v) is 2.55. The first-order valence-corrected chi connectivity index (χ1v) is 6.92. The molecule has 0 aromatic heterocycles. The minimum Gasteiger partial charge on any atom is -0.456 e. The molecule has 1 aromatic carbocycles. The highest BCUT2D eigenvalue weighted by molar-refractivity contribution is 5.91. The lowest BCUT2D eigenvalue weighted by molar-refractivity contribution is 0.00679. The molecule has 2 atom stereocenters. The summed E-state index contributed by atoms with van der Waals surface area (Å²) in [5.41, 5.74) is 1.36. The highest BCUT2D eigenvalue weighted by Crippen LogP contribution is 2.29. The number of carbonyl (C=O) groups is 1. The van der Waals surface area contributed by atoms with Crippen molar-refractivity contribution in [2.45, 2.75) is 51.7 Å². The average Bonchev–Trinajstić information content (AvgIpc) is 2.73. The largest absolute Gasteiger partial charge is 0.456 e. The van der Waals surface area contributed by atoms with E-state index in [1.165, 1.54) is 0 Å². The third kappa shape index (κ3) is 3.57. The second-order valence-corrected chi connectivity index (χ2v) is 6.33. The molecule has 3 heteroatoms. The van der Waals surface area contributed by atoms with Crippen molar-refractivity contribution in [3.63, 3.8) is 0 Å². The summed E-state index contributed by atoms with van der Waals surface area (Å²) in [6.45, 7) is 8.79. The number of nitrogens with one attached hydrogen (secondary N) is 1. The molecule has 0 spiro atoms. The van der Waals surface area contributed by atoms with Crippen LogP contribution in [-0.4, -0.2) is 24.2 Å². The van der Waals surface area contributed by atoms with Crippen molar-refractivity contribution in [1.82, 2.24) is 5.32 Å². The maximum absolute atomic E-state index is 12.3. The normalized spacial score (nSPS) is 23.4. The molecule has 2 rings (SSSR count). The van der Waals surface area contributed by atoms with Gasteiger partial charge in [-0.25, -0.2) is 4.79 Å². The van der Waals surface area contributed by atoms with Crippen LogP contribution in [0.4, 0.5) is 0 Å². The fourth-order valence-electron chi connectivity index (χ4n) is 2.55. The van der Waals surface area contributed by atoms with Crippen molar-refractivity contribution < 1.29 is 9.53 Å². The summed E-state index contributed by atoms with van der Waals surface area (Å²) in [6, 6.07) is 8.31. The molecular formula is C16H23NO2. The fraction of sp³-hybridized carbons (Fsp3) is 0.562. The van der Waals surface area contributed by atoms with Crippen molar-refractivity contribution in [1.29, 1.82) is 0 Å². The quantitative estimate of drug-likeness (QED) is 0.831. The number of carbonyl (C=O) groups excluding carboxylic acids is 1. The number of hydrogen-bond donors (Lipinski definition) is 1. The Hall–Kier alpha value is -1.35. The van der Waals surface area contributed by atoms with E-state index in [4.69, 9.17) is 4.74 Å². The molecular weight excluding hydrogens is 238 g/mol. The Bertz CT molecular complexity index is 462. The molecule has 0 aliphatic carbocycles. The molecule has 0 amide bonds. The van der Waals surface area contributed by atoms with Crippen LogP contribution in [0.3, 0.4) is 0 Å². The van der Waals surface area contributed by atoms with Crippen molar-refractivity contribution in [2.24, 2.45) is 0 Å². The highest BCUT2D eigenvalue weighted by Gasteiger charge is 2.27. The molecule has 0 bridgehead atoms. The number of esters is 1. The van der Waals surface area contributed by atoms with Crippen LogP contribution >= 0.6 is 0 Å². The highest BCUT2D eigenvalue weighted by atomic mass is 16.6. The maximum Gasteiger partial charge on any atom is 0.338 e. The Morgan fingerprint density at radius 1 is 1.32 bits per heavy atom. The minimum absolute atomic E-state index is 0.220. The van der Waals surface area contributed by atoms with Gasteiger partial charge in [0.25, 0.3) is 0 Å². The first-order valence-electron chi connectivity index (χ1n) is 6.92. The van der Waals surface area contributed by atoms with Gasteiger partial charge in [0.2, 0.25) is 0 Å². The smallest absolute Gasteiger partial charge is 0.338 e. The third-order valence-electron chi connectivity index (χ3n) is 3.37. The van der Waals surface area contributed by atoms with Crippen molar-refractivity contribution >= 4 is 5.97 Å². The monoisotopic (exact) mass is 261 g/mol. The van der Waals surface area contributed by atoms with Gasteiger partial charge in [0.15, 0.2) is 0 Å².